The van der Waals surface area contributed by atoms with Gasteiger partial charge in [-0.05, 0) is 36.8 Å². The molecule has 4 heterocycles. The standard InChI is InChI=1S/C21H26N6O/c1-15-9-18(21-19(10-15)25(2)14-23-21)24-20-4-3-16(11-22-20)26-5-7-27(8-6-26)17-12-28-13-17/h3-4,9-11,14,17H,5-8,12-13H2,1-2H3,(H,22,24). The molecular formula is C21H26N6O. The fourth-order valence-electron chi connectivity index (χ4n) is 4.03. The summed E-state index contributed by atoms with van der Waals surface area (Å²) in [6.07, 6.45) is 3.82. The van der Waals surface area contributed by atoms with E-state index in [1.807, 2.05) is 24.1 Å². The Labute approximate surface area is 164 Å². The van der Waals surface area contributed by atoms with Gasteiger partial charge in [-0.15, -0.1) is 0 Å². The minimum absolute atomic E-state index is 0.629. The molecule has 7 heteroatoms. The summed E-state index contributed by atoms with van der Waals surface area (Å²) in [4.78, 5) is 14.1. The Hall–Kier alpha value is -2.64. The van der Waals surface area contributed by atoms with Gasteiger partial charge in [-0.3, -0.25) is 4.90 Å². The van der Waals surface area contributed by atoms with Gasteiger partial charge < -0.3 is 19.5 Å². The van der Waals surface area contributed by atoms with Crippen LogP contribution in [0.15, 0.2) is 36.8 Å². The van der Waals surface area contributed by atoms with E-state index >= 15 is 0 Å². The van der Waals surface area contributed by atoms with Crippen LogP contribution in [0.25, 0.3) is 11.0 Å². The molecule has 0 atom stereocenters. The van der Waals surface area contributed by atoms with Crippen molar-refractivity contribution in [3.8, 4) is 0 Å². The van der Waals surface area contributed by atoms with Gasteiger partial charge in [0.1, 0.15) is 11.3 Å². The van der Waals surface area contributed by atoms with Crippen LogP contribution in [0.4, 0.5) is 17.2 Å². The molecule has 2 saturated heterocycles. The molecule has 146 valence electrons. The van der Waals surface area contributed by atoms with E-state index in [0.717, 1.165) is 61.9 Å². The van der Waals surface area contributed by atoms with Crippen LogP contribution in [-0.4, -0.2) is 64.9 Å². The number of pyridine rings is 1. The summed E-state index contributed by atoms with van der Waals surface area (Å²) in [7, 11) is 2.02. The van der Waals surface area contributed by atoms with Gasteiger partial charge in [0.05, 0.1) is 48.7 Å². The molecule has 2 aliphatic heterocycles. The molecule has 2 aromatic heterocycles. The largest absolute Gasteiger partial charge is 0.378 e. The zero-order valence-corrected chi connectivity index (χ0v) is 16.4. The molecule has 0 radical (unpaired) electrons. The first kappa shape index (κ1) is 17.5. The van der Waals surface area contributed by atoms with Crippen LogP contribution in [-0.2, 0) is 11.8 Å². The highest BCUT2D eigenvalue weighted by atomic mass is 16.5. The van der Waals surface area contributed by atoms with Crippen molar-refractivity contribution in [1.29, 1.82) is 0 Å². The van der Waals surface area contributed by atoms with Gasteiger partial charge in [-0.25, -0.2) is 9.97 Å². The summed E-state index contributed by atoms with van der Waals surface area (Å²) < 4.78 is 7.36. The minimum Gasteiger partial charge on any atom is -0.378 e. The van der Waals surface area contributed by atoms with Gasteiger partial charge in [-0.1, -0.05) is 0 Å². The first-order valence-corrected chi connectivity index (χ1v) is 9.89. The molecule has 2 fully saturated rings. The Morgan fingerprint density at radius 1 is 1.07 bits per heavy atom. The number of nitrogens with one attached hydrogen (secondary N) is 1. The predicted molar refractivity (Wildman–Crippen MR) is 111 cm³/mol. The van der Waals surface area contributed by atoms with Crippen molar-refractivity contribution in [3.63, 3.8) is 0 Å². The van der Waals surface area contributed by atoms with Crippen molar-refractivity contribution in [1.82, 2.24) is 19.4 Å². The molecule has 0 unspecified atom stereocenters. The molecule has 7 nitrogen and oxygen atoms in total. The minimum atomic E-state index is 0.629. The van der Waals surface area contributed by atoms with Crippen LogP contribution in [0.2, 0.25) is 0 Å². The van der Waals surface area contributed by atoms with E-state index in [0.29, 0.717) is 6.04 Å². The van der Waals surface area contributed by atoms with Crippen LogP contribution in [0.5, 0.6) is 0 Å². The van der Waals surface area contributed by atoms with E-state index in [9.17, 15) is 0 Å². The number of fused-ring (bicyclic) bond motifs is 1. The van der Waals surface area contributed by atoms with Crippen LogP contribution in [0.1, 0.15) is 5.56 Å². The van der Waals surface area contributed by atoms with Crippen LogP contribution >= 0.6 is 0 Å². The number of aryl methyl sites for hydroxylation is 2. The summed E-state index contributed by atoms with van der Waals surface area (Å²) in [5.74, 6) is 0.839. The highest BCUT2D eigenvalue weighted by Crippen LogP contribution is 2.27. The average Bonchev–Trinajstić information content (AvgIpc) is 3.03. The van der Waals surface area contributed by atoms with Crippen LogP contribution in [0, 0.1) is 6.92 Å². The summed E-state index contributed by atoms with van der Waals surface area (Å²) in [6, 6.07) is 9.11. The highest BCUT2D eigenvalue weighted by molar-refractivity contribution is 5.90. The molecule has 1 N–H and O–H groups in total. The second kappa shape index (κ2) is 7.07. The first-order chi connectivity index (χ1) is 13.7. The van der Waals surface area contributed by atoms with Crippen LogP contribution in [0.3, 0.4) is 0 Å². The Morgan fingerprint density at radius 3 is 2.57 bits per heavy atom. The Balaban J connectivity index is 1.28. The number of imidazole rings is 1. The lowest BCUT2D eigenvalue weighted by atomic mass is 10.1. The van der Waals surface area contributed by atoms with E-state index in [1.54, 1.807) is 0 Å². The zero-order valence-electron chi connectivity index (χ0n) is 16.4. The predicted octanol–water partition coefficient (Wildman–Crippen LogP) is 2.54. The van der Waals surface area contributed by atoms with Crippen molar-refractivity contribution in [2.24, 2.45) is 7.05 Å². The lowest BCUT2D eigenvalue weighted by molar-refractivity contribution is -0.0660. The normalized spacial score (nSPS) is 18.4. The molecule has 2 aliphatic rings. The third-order valence-electron chi connectivity index (χ3n) is 5.80. The number of piperazine rings is 1. The van der Waals surface area contributed by atoms with E-state index in [4.69, 9.17) is 4.74 Å². The van der Waals surface area contributed by atoms with Gasteiger partial charge in [0, 0.05) is 33.2 Å². The molecule has 28 heavy (non-hydrogen) atoms. The van der Waals surface area contributed by atoms with Crippen molar-refractivity contribution < 1.29 is 4.74 Å². The third kappa shape index (κ3) is 3.21. The summed E-state index contributed by atoms with van der Waals surface area (Å²) in [5, 5.41) is 3.44. The number of anilines is 3. The molecular weight excluding hydrogens is 352 g/mol. The van der Waals surface area contributed by atoms with Crippen molar-refractivity contribution >= 4 is 28.2 Å². The SMILES string of the molecule is Cc1cc(Nc2ccc(N3CCN(C4COC4)CC3)cn2)c2ncn(C)c2c1. The topological polar surface area (TPSA) is 58.4 Å². The number of benzene rings is 1. The van der Waals surface area contributed by atoms with Gasteiger partial charge in [0.2, 0.25) is 0 Å². The Bertz CT molecular complexity index is 970. The van der Waals surface area contributed by atoms with Gasteiger partial charge in [-0.2, -0.15) is 0 Å². The van der Waals surface area contributed by atoms with E-state index in [1.165, 1.54) is 11.3 Å². The summed E-state index contributed by atoms with van der Waals surface area (Å²) in [5.41, 5.74) is 5.46. The number of rotatable bonds is 4. The fraction of sp³-hybridized carbons (Fsp3) is 0.429. The average molecular weight is 378 g/mol. The number of hydrogen-bond acceptors (Lipinski definition) is 6. The van der Waals surface area contributed by atoms with Gasteiger partial charge in [0.25, 0.3) is 0 Å². The maximum absolute atomic E-state index is 5.32. The molecule has 0 spiro atoms. The maximum Gasteiger partial charge on any atom is 0.130 e. The lowest BCUT2D eigenvalue weighted by Crippen LogP contribution is -2.56. The second-order valence-corrected chi connectivity index (χ2v) is 7.78. The van der Waals surface area contributed by atoms with Crippen LogP contribution < -0.4 is 10.2 Å². The van der Waals surface area contributed by atoms with Crippen molar-refractivity contribution in [2.45, 2.75) is 13.0 Å². The monoisotopic (exact) mass is 378 g/mol. The van der Waals surface area contributed by atoms with E-state index in [2.05, 4.69) is 56.3 Å². The number of hydrogen-bond donors (Lipinski definition) is 1. The number of ether oxygens (including phenoxy) is 1. The molecule has 0 aliphatic carbocycles. The summed E-state index contributed by atoms with van der Waals surface area (Å²) >= 11 is 0. The molecule has 0 saturated carbocycles. The zero-order chi connectivity index (χ0) is 19.1. The van der Waals surface area contributed by atoms with E-state index < -0.39 is 0 Å². The van der Waals surface area contributed by atoms with Crippen molar-refractivity contribution in [3.05, 3.63) is 42.4 Å². The molecule has 3 aromatic rings. The fourth-order valence-corrected chi connectivity index (χ4v) is 4.03. The maximum atomic E-state index is 5.32. The highest BCUT2D eigenvalue weighted by Gasteiger charge is 2.28. The Kier molecular flexibility index (Phi) is 4.41. The summed E-state index contributed by atoms with van der Waals surface area (Å²) in [6.45, 7) is 8.15. The molecule has 1 aromatic carbocycles. The second-order valence-electron chi connectivity index (χ2n) is 7.78. The lowest BCUT2D eigenvalue weighted by Gasteiger charge is -2.43. The number of nitrogens with zero attached hydrogens (tertiary/aromatic N) is 5. The molecule has 5 rings (SSSR count). The number of aromatic nitrogens is 3. The van der Waals surface area contributed by atoms with Gasteiger partial charge >= 0.3 is 0 Å². The quantitative estimate of drug-likeness (QED) is 0.753. The van der Waals surface area contributed by atoms with Crippen molar-refractivity contribution in [2.75, 3.05) is 49.6 Å². The molecule has 0 amide bonds. The Morgan fingerprint density at radius 2 is 1.89 bits per heavy atom. The molecule has 0 bridgehead atoms. The smallest absolute Gasteiger partial charge is 0.130 e. The third-order valence-corrected chi connectivity index (χ3v) is 5.80. The van der Waals surface area contributed by atoms with E-state index in [-0.39, 0.29) is 0 Å². The first-order valence-electron chi connectivity index (χ1n) is 9.89. The van der Waals surface area contributed by atoms with Gasteiger partial charge in [0.15, 0.2) is 0 Å².